The molecule has 2 aliphatic rings. The lowest BCUT2D eigenvalue weighted by Gasteiger charge is -2.27. The van der Waals surface area contributed by atoms with Gasteiger partial charge in [-0.05, 0) is 66.6 Å². The van der Waals surface area contributed by atoms with Crippen LogP contribution in [0.15, 0.2) is 54.6 Å². The first-order chi connectivity index (χ1) is 19.0. The van der Waals surface area contributed by atoms with Gasteiger partial charge in [0.1, 0.15) is 18.6 Å². The Labute approximate surface area is 234 Å². The number of aliphatic hydroxyl groups is 1. The van der Waals surface area contributed by atoms with Crippen LogP contribution in [0.5, 0.6) is 5.75 Å². The van der Waals surface area contributed by atoms with Crippen molar-refractivity contribution in [2.24, 2.45) is 0 Å². The number of carboxylic acid groups (broad SMARTS) is 1. The van der Waals surface area contributed by atoms with Gasteiger partial charge in [0.2, 0.25) is 0 Å². The Morgan fingerprint density at radius 2 is 1.85 bits per heavy atom. The maximum absolute atomic E-state index is 11.2. The molecule has 2 atom stereocenters. The van der Waals surface area contributed by atoms with Crippen LogP contribution in [-0.2, 0) is 30.9 Å². The Morgan fingerprint density at radius 1 is 1.08 bits per heavy atom. The van der Waals surface area contributed by atoms with Crippen LogP contribution in [0, 0.1) is 11.8 Å². The van der Waals surface area contributed by atoms with E-state index < -0.39 is 12.2 Å². The van der Waals surface area contributed by atoms with Crippen molar-refractivity contribution in [3.8, 4) is 17.6 Å². The van der Waals surface area contributed by atoms with Crippen molar-refractivity contribution in [1.29, 1.82) is 0 Å². The molecule has 1 aromatic heterocycles. The Morgan fingerprint density at radius 3 is 2.59 bits per heavy atom. The average Bonchev–Trinajstić information content (AvgIpc) is 3.62. The van der Waals surface area contributed by atoms with Gasteiger partial charge in [-0.3, -0.25) is 14.6 Å². The van der Waals surface area contributed by atoms with E-state index in [1.807, 2.05) is 24.3 Å². The fourth-order valence-corrected chi connectivity index (χ4v) is 6.67. The van der Waals surface area contributed by atoms with E-state index in [2.05, 4.69) is 52.0 Å². The third kappa shape index (κ3) is 7.09. The molecule has 6 nitrogen and oxygen atoms in total. The Bertz CT molecular complexity index is 1330. The molecule has 0 bridgehead atoms. The molecule has 2 unspecified atom stereocenters. The van der Waals surface area contributed by atoms with E-state index in [1.54, 1.807) is 18.3 Å². The number of hydrogen-bond donors (Lipinski definition) is 2. The van der Waals surface area contributed by atoms with Gasteiger partial charge in [0, 0.05) is 42.5 Å². The normalized spacial score (nSPS) is 17.2. The summed E-state index contributed by atoms with van der Waals surface area (Å²) in [4.78, 5) is 18.3. The number of aliphatic hydroxyl groups excluding tert-OH is 1. The Kier molecular flexibility index (Phi) is 9.00. The number of likely N-dealkylation sites (tertiary alicyclic amines) is 1. The minimum absolute atomic E-state index is 0.0136. The van der Waals surface area contributed by atoms with Crippen LogP contribution in [-0.4, -0.2) is 45.6 Å². The SMILES string of the molecule is CC#CC(CC(=O)O)c1ccc(OCc2cccc(CN3CCc4sc(C(O)N5CCCC5)cc4C3)c2)cc1. The highest BCUT2D eigenvalue weighted by atomic mass is 32.1. The van der Waals surface area contributed by atoms with Crippen molar-refractivity contribution < 1.29 is 19.7 Å². The summed E-state index contributed by atoms with van der Waals surface area (Å²) in [6.45, 7) is 6.98. The highest BCUT2D eigenvalue weighted by molar-refractivity contribution is 7.12. The van der Waals surface area contributed by atoms with Crippen LogP contribution in [0.2, 0.25) is 0 Å². The first-order valence-corrected chi connectivity index (χ1v) is 14.5. The van der Waals surface area contributed by atoms with Crippen molar-refractivity contribution in [3.05, 3.63) is 86.6 Å². The molecule has 7 heteroatoms. The second-order valence-electron chi connectivity index (χ2n) is 10.4. The summed E-state index contributed by atoms with van der Waals surface area (Å²) in [6.07, 6.45) is 2.91. The van der Waals surface area contributed by atoms with E-state index in [9.17, 15) is 9.90 Å². The lowest BCUT2D eigenvalue weighted by Crippen LogP contribution is -2.29. The van der Waals surface area contributed by atoms with Gasteiger partial charge in [-0.1, -0.05) is 42.3 Å². The van der Waals surface area contributed by atoms with E-state index in [0.717, 1.165) is 60.9 Å². The van der Waals surface area contributed by atoms with E-state index >= 15 is 0 Å². The molecule has 0 spiro atoms. The van der Waals surface area contributed by atoms with Crippen LogP contribution in [0.3, 0.4) is 0 Å². The molecule has 1 saturated heterocycles. The average molecular weight is 545 g/mol. The predicted molar refractivity (Wildman–Crippen MR) is 154 cm³/mol. The van der Waals surface area contributed by atoms with Gasteiger partial charge < -0.3 is 14.9 Å². The summed E-state index contributed by atoms with van der Waals surface area (Å²) in [5.41, 5.74) is 4.62. The summed E-state index contributed by atoms with van der Waals surface area (Å²) in [7, 11) is 0. The second-order valence-corrected chi connectivity index (χ2v) is 11.6. The number of fused-ring (bicyclic) bond motifs is 1. The smallest absolute Gasteiger partial charge is 0.304 e. The van der Waals surface area contributed by atoms with Crippen molar-refractivity contribution >= 4 is 17.3 Å². The van der Waals surface area contributed by atoms with Gasteiger partial charge in [0.25, 0.3) is 0 Å². The first-order valence-electron chi connectivity index (χ1n) is 13.7. The van der Waals surface area contributed by atoms with Gasteiger partial charge in [-0.15, -0.1) is 17.3 Å². The summed E-state index contributed by atoms with van der Waals surface area (Å²) in [5.74, 6) is 5.38. The van der Waals surface area contributed by atoms with Crippen molar-refractivity contribution in [2.75, 3.05) is 19.6 Å². The molecule has 5 rings (SSSR count). The van der Waals surface area contributed by atoms with Crippen LogP contribution in [0.25, 0.3) is 0 Å². The van der Waals surface area contributed by atoms with Crippen LogP contribution in [0.4, 0.5) is 0 Å². The summed E-state index contributed by atoms with van der Waals surface area (Å²) in [5, 5.41) is 20.0. The number of carbonyl (C=O) groups is 1. The number of hydrogen-bond acceptors (Lipinski definition) is 6. The molecule has 0 saturated carbocycles. The quantitative estimate of drug-likeness (QED) is 0.326. The minimum atomic E-state index is -0.857. The molecule has 2 aromatic carbocycles. The molecule has 0 radical (unpaired) electrons. The van der Waals surface area contributed by atoms with Gasteiger partial charge in [-0.25, -0.2) is 0 Å². The zero-order valence-electron chi connectivity index (χ0n) is 22.4. The van der Waals surface area contributed by atoms with Crippen LogP contribution < -0.4 is 4.74 Å². The highest BCUT2D eigenvalue weighted by Crippen LogP contribution is 2.34. The lowest BCUT2D eigenvalue weighted by atomic mass is 9.96. The maximum atomic E-state index is 11.2. The van der Waals surface area contributed by atoms with Crippen molar-refractivity contribution in [3.63, 3.8) is 0 Å². The second kappa shape index (κ2) is 12.8. The number of rotatable bonds is 10. The first kappa shape index (κ1) is 27.4. The molecular weight excluding hydrogens is 508 g/mol. The van der Waals surface area contributed by atoms with Crippen LogP contribution in [0.1, 0.15) is 70.3 Å². The summed E-state index contributed by atoms with van der Waals surface area (Å²) in [6, 6.07) is 18.3. The highest BCUT2D eigenvalue weighted by Gasteiger charge is 2.26. The third-order valence-corrected chi connectivity index (χ3v) is 8.77. The molecule has 1 fully saturated rings. The predicted octanol–water partition coefficient (Wildman–Crippen LogP) is 5.55. The largest absolute Gasteiger partial charge is 0.489 e. The summed E-state index contributed by atoms with van der Waals surface area (Å²) < 4.78 is 6.03. The Hall–Kier alpha value is -3.15. The van der Waals surface area contributed by atoms with Gasteiger partial charge in [-0.2, -0.15) is 0 Å². The molecule has 2 aliphatic heterocycles. The minimum Gasteiger partial charge on any atom is -0.489 e. The molecule has 204 valence electrons. The molecule has 0 amide bonds. The number of benzene rings is 2. The van der Waals surface area contributed by atoms with Gasteiger partial charge >= 0.3 is 5.97 Å². The zero-order valence-corrected chi connectivity index (χ0v) is 23.3. The van der Waals surface area contributed by atoms with Crippen molar-refractivity contribution in [1.82, 2.24) is 9.80 Å². The molecular formula is C32H36N2O4S. The molecule has 3 heterocycles. The Balaban J connectivity index is 1.16. The summed E-state index contributed by atoms with van der Waals surface area (Å²) >= 11 is 1.79. The molecule has 39 heavy (non-hydrogen) atoms. The topological polar surface area (TPSA) is 73.2 Å². The van der Waals surface area contributed by atoms with Crippen molar-refractivity contribution in [2.45, 2.75) is 64.4 Å². The number of aliphatic carboxylic acids is 1. The number of nitrogens with zero attached hydrogens (tertiary/aromatic N) is 2. The van der Waals surface area contributed by atoms with E-state index in [-0.39, 0.29) is 12.3 Å². The van der Waals surface area contributed by atoms with E-state index in [4.69, 9.17) is 9.84 Å². The zero-order chi connectivity index (χ0) is 27.2. The van der Waals surface area contributed by atoms with Gasteiger partial charge in [0.15, 0.2) is 0 Å². The fraction of sp³-hybridized carbons (Fsp3) is 0.406. The number of carboxylic acids is 1. The molecule has 2 N–H and O–H groups in total. The molecule has 0 aliphatic carbocycles. The monoisotopic (exact) mass is 544 g/mol. The van der Waals surface area contributed by atoms with E-state index in [0.29, 0.717) is 6.61 Å². The lowest BCUT2D eigenvalue weighted by molar-refractivity contribution is -0.137. The standard InChI is InChI=1S/C32H36N2O4S/c1-2-6-26(19-31(35)36)25-9-11-28(12-10-25)38-22-24-8-5-7-23(17-24)20-33-16-13-29-27(21-33)18-30(39-29)32(37)34-14-3-4-15-34/h5,7-12,17-18,26,32,37H,3-4,13-16,19-22H2,1H3,(H,35,36). The fourth-order valence-electron chi connectivity index (χ4n) is 5.48. The third-order valence-electron chi connectivity index (χ3n) is 7.49. The van der Waals surface area contributed by atoms with E-state index in [1.165, 1.54) is 28.8 Å². The van der Waals surface area contributed by atoms with Gasteiger partial charge in [0.05, 0.1) is 12.3 Å². The number of thiophene rings is 1. The molecule has 3 aromatic rings. The number of ether oxygens (including phenoxy) is 1. The van der Waals surface area contributed by atoms with Crippen LogP contribution >= 0.6 is 11.3 Å². The maximum Gasteiger partial charge on any atom is 0.304 e.